The van der Waals surface area contributed by atoms with Gasteiger partial charge in [-0.25, -0.2) is 25.2 Å². The number of ether oxygens (including phenoxy) is 1. The van der Waals surface area contributed by atoms with E-state index in [9.17, 15) is 77.7 Å². The normalized spacial score (nSPS) is 13.0. The Kier molecular flexibility index (Phi) is 16.3. The maximum Gasteiger partial charge on any atom is 0.397 e. The van der Waals surface area contributed by atoms with Crippen LogP contribution in [0.15, 0.2) is 120 Å². The van der Waals surface area contributed by atoms with Gasteiger partial charge in [0.1, 0.15) is 31.8 Å². The molecule has 6 aromatic rings. The predicted molar refractivity (Wildman–Crippen MR) is 254 cm³/mol. The predicted octanol–water partition coefficient (Wildman–Crippen LogP) is 3.31. The quantitative estimate of drug-likeness (QED) is 0.0348. The summed E-state index contributed by atoms with van der Waals surface area (Å²) in [5.41, 5.74) is -2.46. The number of anilines is 6. The Labute approximate surface area is 419 Å². The number of rotatable bonds is 22. The minimum atomic E-state index is -5.56. The molecular formula is C36H34N8O23S7. The molecule has 1 heterocycles. The third kappa shape index (κ3) is 14.6. The molecule has 1 aromatic heterocycles. The molecule has 0 radical (unpaired) electrons. The SMILES string of the molecule is COc1ccc(N=Nc2c(S(=O)(=O)O)cc3c(S(=O)(=O)O)c(Nc4nc(Nc5ccc(S(=O)(=O)CCOS(=O)(=O)O)cc5)nc(Nc5cccc(S(=O)(=O)CCOS(=O)(=O)O)c5)n4)ccc3c2O)c(S(=O)(=O)O)c1. The van der Waals surface area contributed by atoms with E-state index in [1.165, 1.54) is 30.3 Å². The Bertz CT molecular complexity index is 4050. The minimum Gasteiger partial charge on any atom is -0.505 e. The summed E-state index contributed by atoms with van der Waals surface area (Å²) in [6.07, 6.45) is 0. The molecule has 0 atom stereocenters. The van der Waals surface area contributed by atoms with Gasteiger partial charge < -0.3 is 25.8 Å². The first-order valence-corrected chi connectivity index (χ1v) is 29.8. The van der Waals surface area contributed by atoms with Gasteiger partial charge >= 0.3 is 20.8 Å². The molecule has 0 unspecified atom stereocenters. The fourth-order valence-corrected chi connectivity index (χ4v) is 11.4. The van der Waals surface area contributed by atoms with Crippen molar-refractivity contribution in [3.8, 4) is 11.5 Å². The van der Waals surface area contributed by atoms with E-state index in [1.807, 2.05) is 0 Å². The van der Waals surface area contributed by atoms with Gasteiger partial charge in [-0.2, -0.15) is 57.0 Å². The molecule has 74 heavy (non-hydrogen) atoms. The molecule has 38 heteroatoms. The second kappa shape index (κ2) is 21.3. The maximum absolute atomic E-state index is 13.2. The largest absolute Gasteiger partial charge is 0.505 e. The number of aromatic hydroxyl groups is 1. The van der Waals surface area contributed by atoms with Crippen LogP contribution >= 0.6 is 0 Å². The summed E-state index contributed by atoms with van der Waals surface area (Å²) in [7, 11) is -33.4. The van der Waals surface area contributed by atoms with E-state index in [0.29, 0.717) is 6.07 Å². The first-order valence-electron chi connectivity index (χ1n) is 19.4. The molecule has 0 spiro atoms. The molecule has 398 valence electrons. The average molecular weight is 1170 g/mol. The van der Waals surface area contributed by atoms with Crippen LogP contribution in [0, 0.1) is 0 Å². The van der Waals surface area contributed by atoms with E-state index < -0.39 is 167 Å². The van der Waals surface area contributed by atoms with Crippen LogP contribution < -0.4 is 20.7 Å². The Morgan fingerprint density at radius 2 is 1.07 bits per heavy atom. The summed E-state index contributed by atoms with van der Waals surface area (Å²) >= 11 is 0. The number of aromatic nitrogens is 3. The second-order valence-corrected chi connectivity index (χ2v) is 25.0. The number of methoxy groups -OCH3 is 1. The van der Waals surface area contributed by atoms with E-state index >= 15 is 0 Å². The summed E-state index contributed by atoms with van der Waals surface area (Å²) in [6.45, 7) is -1.91. The first-order chi connectivity index (χ1) is 34.1. The zero-order valence-electron chi connectivity index (χ0n) is 36.6. The number of fused-ring (bicyclic) bond motifs is 1. The number of benzene rings is 5. The highest BCUT2D eigenvalue weighted by Gasteiger charge is 2.29. The van der Waals surface area contributed by atoms with Crippen LogP contribution in [0.25, 0.3) is 10.8 Å². The van der Waals surface area contributed by atoms with Crippen molar-refractivity contribution < 1.29 is 99.9 Å². The summed E-state index contributed by atoms with van der Waals surface area (Å²) in [5.74, 6) is -4.70. The highest BCUT2D eigenvalue weighted by molar-refractivity contribution is 7.92. The van der Waals surface area contributed by atoms with Crippen LogP contribution in [0.3, 0.4) is 0 Å². The average Bonchev–Trinajstić information content (AvgIpc) is 3.26. The van der Waals surface area contributed by atoms with Crippen molar-refractivity contribution in [3.05, 3.63) is 84.9 Å². The molecule has 0 aliphatic rings. The van der Waals surface area contributed by atoms with Gasteiger partial charge in [0.2, 0.25) is 17.8 Å². The summed E-state index contributed by atoms with van der Waals surface area (Å²) < 4.78 is 233. The Morgan fingerprint density at radius 3 is 1.59 bits per heavy atom. The summed E-state index contributed by atoms with van der Waals surface area (Å²) in [5, 5.41) is 25.0. The molecule has 0 saturated heterocycles. The molecule has 0 saturated carbocycles. The fraction of sp³-hybridized carbons (Fsp3) is 0.139. The van der Waals surface area contributed by atoms with Crippen molar-refractivity contribution in [2.75, 3.05) is 47.8 Å². The lowest BCUT2D eigenvalue weighted by Gasteiger charge is -2.16. The van der Waals surface area contributed by atoms with Gasteiger partial charge in [-0.3, -0.25) is 22.8 Å². The van der Waals surface area contributed by atoms with Crippen LogP contribution in [-0.4, -0.2) is 134 Å². The standard InChI is InChI=1S/C36H34N8O23S7/c1-65-22-7-11-27(29(18-22)70(50,51)52)43-44-31-30(71(53,54)55)19-26-25(32(31)45)10-12-28(33(26)72(56,57)58)39-36-41-34(37-20-5-8-23(9-6-20)68(46,47)15-13-66-73(59,60)61)40-35(42-36)38-21-3-2-4-24(17-21)69(48,49)16-14-67-74(62,63)64/h2-12,17-19,45H,13-16H2,1H3,(H,50,51,52)(H,53,54,55)(H,56,57,58)(H,59,60,61)(H,62,63,64)(H3,37,38,39,40,41,42). The smallest absolute Gasteiger partial charge is 0.397 e. The molecular weight excluding hydrogens is 1140 g/mol. The van der Waals surface area contributed by atoms with Gasteiger partial charge in [0, 0.05) is 28.2 Å². The highest BCUT2D eigenvalue weighted by atomic mass is 32.3. The second-order valence-electron chi connectivity index (χ2n) is 14.4. The van der Waals surface area contributed by atoms with Crippen molar-refractivity contribution in [2.24, 2.45) is 10.2 Å². The number of nitrogens with zero attached hydrogens (tertiary/aromatic N) is 5. The molecule has 5 aromatic carbocycles. The Hall–Kier alpha value is -6.66. The van der Waals surface area contributed by atoms with E-state index in [2.05, 4.69) is 49.5 Å². The number of nitrogens with one attached hydrogen (secondary N) is 3. The van der Waals surface area contributed by atoms with Crippen LogP contribution in [0.2, 0.25) is 0 Å². The number of hydrogen-bond donors (Lipinski definition) is 9. The molecule has 9 N–H and O–H groups in total. The van der Waals surface area contributed by atoms with E-state index in [1.54, 1.807) is 0 Å². The lowest BCUT2D eigenvalue weighted by molar-refractivity contribution is 0.282. The number of phenols is 1. The van der Waals surface area contributed by atoms with E-state index in [4.69, 9.17) is 13.8 Å². The van der Waals surface area contributed by atoms with Crippen molar-refractivity contribution >= 4 is 128 Å². The van der Waals surface area contributed by atoms with Crippen molar-refractivity contribution in [1.29, 1.82) is 0 Å². The number of phenolic OH excluding ortho intramolecular Hbond substituents is 1. The number of sulfone groups is 2. The maximum atomic E-state index is 13.2. The zero-order valence-corrected chi connectivity index (χ0v) is 42.3. The zero-order chi connectivity index (χ0) is 54.8. The molecule has 31 nitrogen and oxygen atoms in total. The molecule has 0 aliphatic heterocycles. The minimum absolute atomic E-state index is 0.0353. The van der Waals surface area contributed by atoms with Crippen molar-refractivity contribution in [3.63, 3.8) is 0 Å². The molecule has 0 bridgehead atoms. The number of azo groups is 1. The molecule has 0 amide bonds. The van der Waals surface area contributed by atoms with Crippen LogP contribution in [0.5, 0.6) is 11.5 Å². The van der Waals surface area contributed by atoms with E-state index in [0.717, 1.165) is 55.6 Å². The lowest BCUT2D eigenvalue weighted by atomic mass is 10.1. The van der Waals surface area contributed by atoms with Gasteiger partial charge in [-0.05, 0) is 72.8 Å². The molecule has 0 aliphatic carbocycles. The third-order valence-electron chi connectivity index (χ3n) is 9.39. The van der Waals surface area contributed by atoms with Crippen LogP contribution in [0.4, 0.5) is 46.3 Å². The lowest BCUT2D eigenvalue weighted by Crippen LogP contribution is -2.15. The van der Waals surface area contributed by atoms with Gasteiger partial charge in [-0.1, -0.05) is 6.07 Å². The van der Waals surface area contributed by atoms with Gasteiger partial charge in [-0.15, -0.1) is 10.2 Å². The molecule has 6 rings (SSSR count). The monoisotopic (exact) mass is 1170 g/mol. The van der Waals surface area contributed by atoms with Gasteiger partial charge in [0.25, 0.3) is 30.4 Å². The third-order valence-corrected chi connectivity index (χ3v) is 16.4. The van der Waals surface area contributed by atoms with Gasteiger partial charge in [0.05, 0.1) is 47.3 Å². The van der Waals surface area contributed by atoms with Crippen molar-refractivity contribution in [1.82, 2.24) is 15.0 Å². The number of hydrogen-bond acceptors (Lipinski definition) is 26. The van der Waals surface area contributed by atoms with Crippen LogP contribution in [0.1, 0.15) is 0 Å². The Morgan fingerprint density at radius 1 is 0.527 bits per heavy atom. The Balaban J connectivity index is 1.45. The first kappa shape index (κ1) is 56.6. The highest BCUT2D eigenvalue weighted by Crippen LogP contribution is 2.45. The van der Waals surface area contributed by atoms with Gasteiger partial charge in [0.15, 0.2) is 25.4 Å². The summed E-state index contributed by atoms with van der Waals surface area (Å²) in [6, 6.07) is 14.4. The fourth-order valence-electron chi connectivity index (χ4n) is 6.25. The molecule has 0 fully saturated rings. The van der Waals surface area contributed by atoms with Crippen molar-refractivity contribution in [2.45, 2.75) is 24.5 Å². The topological polar surface area (TPSA) is 488 Å². The van der Waals surface area contributed by atoms with Crippen LogP contribution in [-0.2, 0) is 79.2 Å². The summed E-state index contributed by atoms with van der Waals surface area (Å²) in [4.78, 5) is 8.27. The van der Waals surface area contributed by atoms with E-state index in [-0.39, 0.29) is 22.0 Å².